The van der Waals surface area contributed by atoms with Crippen molar-refractivity contribution in [2.24, 2.45) is 0 Å². The Morgan fingerprint density at radius 3 is 3.17 bits per heavy atom. The highest BCUT2D eigenvalue weighted by Gasteiger charge is 1.95. The topological polar surface area (TPSA) is 39.2 Å². The molecule has 0 N–H and O–H groups in total. The van der Waals surface area contributed by atoms with Gasteiger partial charge in [-0.15, -0.1) is 11.6 Å². The standard InChI is InChI=1S/C8H8ClNO2/c9-4-7-1-2-10-8(3-7)5-12-6-11/h1-3,6H,4-5H2. The van der Waals surface area contributed by atoms with E-state index in [0.29, 0.717) is 18.0 Å². The molecule has 1 aromatic rings. The van der Waals surface area contributed by atoms with Crippen molar-refractivity contribution in [1.29, 1.82) is 0 Å². The summed E-state index contributed by atoms with van der Waals surface area (Å²) in [5.74, 6) is 0.441. The van der Waals surface area contributed by atoms with E-state index < -0.39 is 0 Å². The summed E-state index contributed by atoms with van der Waals surface area (Å²) in [6.07, 6.45) is 1.64. The molecule has 3 nitrogen and oxygen atoms in total. The maximum absolute atomic E-state index is 9.86. The Kier molecular flexibility index (Phi) is 3.54. The van der Waals surface area contributed by atoms with Crippen LogP contribution >= 0.6 is 11.6 Å². The molecule has 0 aliphatic carbocycles. The Morgan fingerprint density at radius 1 is 1.67 bits per heavy atom. The zero-order chi connectivity index (χ0) is 8.81. The molecule has 0 aliphatic rings. The second-order valence-electron chi connectivity index (χ2n) is 2.20. The number of carbonyl (C=O) groups excluding carboxylic acids is 1. The molecule has 1 heterocycles. The fourth-order valence-corrected chi connectivity index (χ4v) is 0.976. The average molecular weight is 186 g/mol. The molecular formula is C8H8ClNO2. The predicted molar refractivity (Wildman–Crippen MR) is 44.6 cm³/mol. The molecule has 1 aromatic heterocycles. The highest BCUT2D eigenvalue weighted by molar-refractivity contribution is 6.17. The zero-order valence-electron chi connectivity index (χ0n) is 6.37. The van der Waals surface area contributed by atoms with E-state index in [0.717, 1.165) is 5.56 Å². The molecule has 64 valence electrons. The first-order chi connectivity index (χ1) is 5.86. The Labute approximate surface area is 75.3 Å². The van der Waals surface area contributed by atoms with Crippen LogP contribution in [-0.2, 0) is 22.0 Å². The highest BCUT2D eigenvalue weighted by Crippen LogP contribution is 2.05. The van der Waals surface area contributed by atoms with Crippen molar-refractivity contribution < 1.29 is 9.53 Å². The number of ether oxygens (including phenoxy) is 1. The molecule has 0 saturated carbocycles. The summed E-state index contributed by atoms with van der Waals surface area (Å²) in [5.41, 5.74) is 1.68. The van der Waals surface area contributed by atoms with E-state index in [-0.39, 0.29) is 6.61 Å². The number of hydrogen-bond acceptors (Lipinski definition) is 3. The Morgan fingerprint density at radius 2 is 2.50 bits per heavy atom. The normalized spacial score (nSPS) is 9.42. The lowest BCUT2D eigenvalue weighted by Gasteiger charge is -1.99. The lowest BCUT2D eigenvalue weighted by atomic mass is 10.2. The van der Waals surface area contributed by atoms with Crippen molar-refractivity contribution in [3.63, 3.8) is 0 Å². The van der Waals surface area contributed by atoms with E-state index in [1.165, 1.54) is 0 Å². The summed E-state index contributed by atoms with van der Waals surface area (Å²) in [6.45, 7) is 0.600. The van der Waals surface area contributed by atoms with Gasteiger partial charge in [0, 0.05) is 12.1 Å². The van der Waals surface area contributed by atoms with E-state index in [1.54, 1.807) is 12.3 Å². The first-order valence-electron chi connectivity index (χ1n) is 3.42. The average Bonchev–Trinajstić information content (AvgIpc) is 2.15. The van der Waals surface area contributed by atoms with Crippen molar-refractivity contribution in [3.05, 3.63) is 29.6 Å². The van der Waals surface area contributed by atoms with Crippen LogP contribution in [0, 0.1) is 0 Å². The number of pyridine rings is 1. The van der Waals surface area contributed by atoms with Gasteiger partial charge in [-0.05, 0) is 17.7 Å². The number of rotatable bonds is 4. The molecule has 0 amide bonds. The van der Waals surface area contributed by atoms with Crippen LogP contribution in [0.1, 0.15) is 11.3 Å². The quantitative estimate of drug-likeness (QED) is 0.527. The molecule has 0 unspecified atom stereocenters. The number of carbonyl (C=O) groups is 1. The van der Waals surface area contributed by atoms with E-state index >= 15 is 0 Å². The summed E-state index contributed by atoms with van der Waals surface area (Å²) in [5, 5.41) is 0. The van der Waals surface area contributed by atoms with Gasteiger partial charge in [0.2, 0.25) is 0 Å². The number of hydrogen-bond donors (Lipinski definition) is 0. The van der Waals surface area contributed by atoms with Crippen molar-refractivity contribution in [2.75, 3.05) is 0 Å². The predicted octanol–water partition coefficient (Wildman–Crippen LogP) is 1.49. The van der Waals surface area contributed by atoms with Gasteiger partial charge in [0.05, 0.1) is 5.69 Å². The van der Waals surface area contributed by atoms with Crippen LogP contribution < -0.4 is 0 Å². The maximum atomic E-state index is 9.86. The Balaban J connectivity index is 2.65. The van der Waals surface area contributed by atoms with Gasteiger partial charge in [-0.2, -0.15) is 0 Å². The third-order valence-electron chi connectivity index (χ3n) is 1.33. The number of nitrogens with zero attached hydrogens (tertiary/aromatic N) is 1. The summed E-state index contributed by atoms with van der Waals surface area (Å²) >= 11 is 5.59. The van der Waals surface area contributed by atoms with Gasteiger partial charge in [-0.1, -0.05) is 0 Å². The van der Waals surface area contributed by atoms with Gasteiger partial charge >= 0.3 is 0 Å². The molecule has 0 bridgehead atoms. The minimum atomic E-state index is 0.203. The Hall–Kier alpha value is -1.09. The first kappa shape index (κ1) is 9.00. The molecule has 0 fully saturated rings. The minimum Gasteiger partial charge on any atom is -0.461 e. The van der Waals surface area contributed by atoms with E-state index in [2.05, 4.69) is 9.72 Å². The van der Waals surface area contributed by atoms with Crippen LogP contribution in [0.5, 0.6) is 0 Å². The number of halogens is 1. The van der Waals surface area contributed by atoms with Gasteiger partial charge < -0.3 is 4.74 Å². The summed E-state index contributed by atoms with van der Waals surface area (Å²) < 4.78 is 4.53. The third kappa shape index (κ3) is 2.51. The van der Waals surface area contributed by atoms with Gasteiger partial charge in [-0.25, -0.2) is 0 Å². The van der Waals surface area contributed by atoms with Crippen molar-refractivity contribution >= 4 is 18.1 Å². The smallest absolute Gasteiger partial charge is 0.293 e. The van der Waals surface area contributed by atoms with Crippen molar-refractivity contribution in [3.8, 4) is 0 Å². The van der Waals surface area contributed by atoms with Crippen molar-refractivity contribution in [1.82, 2.24) is 4.98 Å². The molecule has 0 aliphatic heterocycles. The van der Waals surface area contributed by atoms with Gasteiger partial charge in [0.15, 0.2) is 0 Å². The maximum Gasteiger partial charge on any atom is 0.293 e. The summed E-state index contributed by atoms with van der Waals surface area (Å²) in [6, 6.07) is 3.62. The highest BCUT2D eigenvalue weighted by atomic mass is 35.5. The molecular weight excluding hydrogens is 178 g/mol. The lowest BCUT2D eigenvalue weighted by Crippen LogP contribution is -1.94. The lowest BCUT2D eigenvalue weighted by molar-refractivity contribution is -0.129. The fourth-order valence-electron chi connectivity index (χ4n) is 0.810. The van der Waals surface area contributed by atoms with E-state index in [9.17, 15) is 4.79 Å². The zero-order valence-corrected chi connectivity index (χ0v) is 7.12. The number of alkyl halides is 1. The number of aromatic nitrogens is 1. The minimum absolute atomic E-state index is 0.203. The van der Waals surface area contributed by atoms with Crippen LogP contribution in [0.3, 0.4) is 0 Å². The SMILES string of the molecule is O=COCc1cc(CCl)ccn1. The molecule has 4 heteroatoms. The van der Waals surface area contributed by atoms with Crippen LogP contribution in [-0.4, -0.2) is 11.5 Å². The van der Waals surface area contributed by atoms with E-state index in [4.69, 9.17) is 11.6 Å². The first-order valence-corrected chi connectivity index (χ1v) is 3.95. The second-order valence-corrected chi connectivity index (χ2v) is 2.46. The van der Waals surface area contributed by atoms with Gasteiger partial charge in [0.1, 0.15) is 6.61 Å². The monoisotopic (exact) mass is 185 g/mol. The molecule has 0 spiro atoms. The van der Waals surface area contributed by atoms with Crippen LogP contribution in [0.2, 0.25) is 0 Å². The van der Waals surface area contributed by atoms with E-state index in [1.807, 2.05) is 6.07 Å². The second kappa shape index (κ2) is 4.72. The van der Waals surface area contributed by atoms with Crippen LogP contribution in [0.25, 0.3) is 0 Å². The fraction of sp³-hybridized carbons (Fsp3) is 0.250. The molecule has 0 saturated heterocycles. The molecule has 0 aromatic carbocycles. The van der Waals surface area contributed by atoms with Gasteiger partial charge in [0.25, 0.3) is 6.47 Å². The van der Waals surface area contributed by atoms with Crippen molar-refractivity contribution in [2.45, 2.75) is 12.5 Å². The Bertz CT molecular complexity index is 265. The molecule has 12 heavy (non-hydrogen) atoms. The summed E-state index contributed by atoms with van der Waals surface area (Å²) in [4.78, 5) is 13.8. The van der Waals surface area contributed by atoms with Crippen LogP contribution in [0.4, 0.5) is 0 Å². The van der Waals surface area contributed by atoms with Gasteiger partial charge in [-0.3, -0.25) is 9.78 Å². The van der Waals surface area contributed by atoms with Crippen LogP contribution in [0.15, 0.2) is 18.3 Å². The third-order valence-corrected chi connectivity index (χ3v) is 1.64. The largest absolute Gasteiger partial charge is 0.461 e. The molecule has 1 rings (SSSR count). The summed E-state index contributed by atoms with van der Waals surface area (Å²) in [7, 11) is 0. The molecule has 0 radical (unpaired) electrons. The molecule has 0 atom stereocenters.